The lowest BCUT2D eigenvalue weighted by Crippen LogP contribution is -2.37. The molecule has 33 heavy (non-hydrogen) atoms. The van der Waals surface area contributed by atoms with Crippen molar-refractivity contribution in [2.45, 2.75) is 0 Å². The number of aromatic nitrogens is 3. The molecule has 0 aromatic carbocycles. The van der Waals surface area contributed by atoms with E-state index in [0.29, 0.717) is 25.6 Å². The third-order valence-corrected chi connectivity index (χ3v) is 6.85. The Morgan fingerprint density at radius 1 is 1.15 bits per heavy atom. The van der Waals surface area contributed by atoms with Gasteiger partial charge < -0.3 is 5.32 Å². The Hall–Kier alpha value is -3.83. The number of thiophene rings is 1. The molecule has 5 heterocycles. The lowest BCUT2D eigenvalue weighted by Gasteiger charge is -2.12. The second kappa shape index (κ2) is 8.60. The van der Waals surface area contributed by atoms with E-state index in [1.165, 1.54) is 10.5 Å². The summed E-state index contributed by atoms with van der Waals surface area (Å²) in [5.41, 5.74) is 0.977. The first-order valence-corrected chi connectivity index (χ1v) is 11.5. The molecule has 1 saturated heterocycles. The number of amides is 3. The highest BCUT2D eigenvalue weighted by Gasteiger charge is 2.34. The SMILES string of the molecule is O=C(NCCN1C(=O)S/C(=C\c2cccnc2)C1=O)c1cc2c(=O)n3ccccc3nc2s1. The van der Waals surface area contributed by atoms with Crippen LogP contribution in [0.1, 0.15) is 15.2 Å². The van der Waals surface area contributed by atoms with E-state index in [0.717, 1.165) is 33.6 Å². The molecule has 1 aliphatic rings. The van der Waals surface area contributed by atoms with Crippen molar-refractivity contribution in [1.82, 2.24) is 24.6 Å². The maximum Gasteiger partial charge on any atom is 0.293 e. The standard InChI is InChI=1S/C22H15N5O4S2/c28-18(15-11-14-19(32-15)25-17-5-1-2-8-26(17)20(14)29)24-7-9-27-21(30)16(33-22(27)31)10-13-4-3-6-23-12-13/h1-6,8,10-12H,7,9H2,(H,24,28)/b16-10-. The fourth-order valence-electron chi connectivity index (χ4n) is 3.33. The van der Waals surface area contributed by atoms with Gasteiger partial charge in [0.1, 0.15) is 10.5 Å². The van der Waals surface area contributed by atoms with Gasteiger partial charge in [0.25, 0.3) is 22.6 Å². The maximum atomic E-state index is 12.7. The van der Waals surface area contributed by atoms with Gasteiger partial charge in [0.15, 0.2) is 0 Å². The number of thioether (sulfide) groups is 1. The van der Waals surface area contributed by atoms with Crippen LogP contribution in [0.2, 0.25) is 0 Å². The highest BCUT2D eigenvalue weighted by atomic mass is 32.2. The van der Waals surface area contributed by atoms with Crippen molar-refractivity contribution in [3.05, 3.63) is 80.7 Å². The molecule has 9 nitrogen and oxygen atoms in total. The van der Waals surface area contributed by atoms with Crippen molar-refractivity contribution < 1.29 is 14.4 Å². The normalized spacial score (nSPS) is 15.2. The summed E-state index contributed by atoms with van der Waals surface area (Å²) in [4.78, 5) is 60.7. The minimum absolute atomic E-state index is 0.0382. The lowest BCUT2D eigenvalue weighted by molar-refractivity contribution is -0.122. The second-order valence-corrected chi connectivity index (χ2v) is 9.07. The predicted molar refractivity (Wildman–Crippen MR) is 126 cm³/mol. The first-order valence-electron chi connectivity index (χ1n) is 9.86. The van der Waals surface area contributed by atoms with Crippen molar-refractivity contribution in [2.24, 2.45) is 0 Å². The van der Waals surface area contributed by atoms with Gasteiger partial charge in [-0.2, -0.15) is 0 Å². The number of carbonyl (C=O) groups is 3. The van der Waals surface area contributed by atoms with Crippen LogP contribution in [0.3, 0.4) is 0 Å². The Bertz CT molecular complexity index is 1510. The number of nitrogens with one attached hydrogen (secondary N) is 1. The van der Waals surface area contributed by atoms with Crippen LogP contribution in [0.25, 0.3) is 21.9 Å². The number of rotatable bonds is 5. The highest BCUT2D eigenvalue weighted by Crippen LogP contribution is 2.31. The van der Waals surface area contributed by atoms with E-state index in [4.69, 9.17) is 0 Å². The summed E-state index contributed by atoms with van der Waals surface area (Å²) in [6, 6.07) is 10.3. The lowest BCUT2D eigenvalue weighted by atomic mass is 10.2. The van der Waals surface area contributed by atoms with Crippen molar-refractivity contribution in [3.8, 4) is 0 Å². The molecule has 11 heteroatoms. The van der Waals surface area contributed by atoms with Crippen molar-refractivity contribution >= 4 is 62.1 Å². The van der Waals surface area contributed by atoms with E-state index in [-0.39, 0.29) is 18.6 Å². The van der Waals surface area contributed by atoms with E-state index >= 15 is 0 Å². The molecule has 4 aromatic heterocycles. The Morgan fingerprint density at radius 3 is 2.85 bits per heavy atom. The van der Waals surface area contributed by atoms with E-state index in [2.05, 4.69) is 15.3 Å². The van der Waals surface area contributed by atoms with Gasteiger partial charge in [-0.05, 0) is 47.7 Å². The summed E-state index contributed by atoms with van der Waals surface area (Å²) in [5, 5.41) is 2.67. The monoisotopic (exact) mass is 477 g/mol. The van der Waals surface area contributed by atoms with Gasteiger partial charge in [-0.3, -0.25) is 33.5 Å². The average Bonchev–Trinajstić information content (AvgIpc) is 3.36. The molecule has 1 fully saturated rings. The molecule has 4 aromatic rings. The summed E-state index contributed by atoms with van der Waals surface area (Å²) >= 11 is 1.97. The van der Waals surface area contributed by atoms with Crippen LogP contribution in [0.15, 0.2) is 64.7 Å². The van der Waals surface area contributed by atoms with Crippen LogP contribution in [0, 0.1) is 0 Å². The molecule has 0 saturated carbocycles. The predicted octanol–water partition coefficient (Wildman–Crippen LogP) is 2.77. The van der Waals surface area contributed by atoms with E-state index in [1.807, 2.05) is 0 Å². The quantitative estimate of drug-likeness (QED) is 0.440. The van der Waals surface area contributed by atoms with E-state index in [1.54, 1.807) is 55.0 Å². The Kier molecular flexibility index (Phi) is 5.48. The number of pyridine rings is 2. The third-order valence-electron chi connectivity index (χ3n) is 4.92. The van der Waals surface area contributed by atoms with Crippen LogP contribution in [0.5, 0.6) is 0 Å². The zero-order valence-electron chi connectivity index (χ0n) is 16.9. The molecular weight excluding hydrogens is 462 g/mol. The van der Waals surface area contributed by atoms with Gasteiger partial charge in [0.2, 0.25) is 0 Å². The molecule has 5 rings (SSSR count). The first kappa shape index (κ1) is 21.0. The third kappa shape index (κ3) is 4.03. The fraction of sp³-hybridized carbons (Fsp3) is 0.0909. The van der Waals surface area contributed by atoms with Crippen LogP contribution >= 0.6 is 23.1 Å². The van der Waals surface area contributed by atoms with Crippen LogP contribution in [-0.4, -0.2) is 49.4 Å². The number of hydrogen-bond donors (Lipinski definition) is 1. The Balaban J connectivity index is 1.26. The summed E-state index contributed by atoms with van der Waals surface area (Å²) in [6.07, 6.45) is 6.46. The smallest absolute Gasteiger partial charge is 0.293 e. The molecule has 0 bridgehead atoms. The molecule has 3 amide bonds. The number of fused-ring (bicyclic) bond motifs is 2. The van der Waals surface area contributed by atoms with Gasteiger partial charge in [-0.15, -0.1) is 11.3 Å². The zero-order valence-corrected chi connectivity index (χ0v) is 18.6. The first-order chi connectivity index (χ1) is 16.0. The molecule has 1 aliphatic heterocycles. The molecule has 1 N–H and O–H groups in total. The van der Waals surface area contributed by atoms with Crippen molar-refractivity contribution in [2.75, 3.05) is 13.1 Å². The highest BCUT2D eigenvalue weighted by molar-refractivity contribution is 8.18. The van der Waals surface area contributed by atoms with Gasteiger partial charge in [0.05, 0.1) is 15.2 Å². The van der Waals surface area contributed by atoms with Crippen molar-refractivity contribution in [3.63, 3.8) is 0 Å². The summed E-state index contributed by atoms with van der Waals surface area (Å²) in [7, 11) is 0. The van der Waals surface area contributed by atoms with Crippen LogP contribution < -0.4 is 10.9 Å². The number of nitrogens with zero attached hydrogens (tertiary/aromatic N) is 4. The number of imide groups is 1. The molecule has 0 atom stereocenters. The van der Waals surface area contributed by atoms with Gasteiger partial charge in [-0.1, -0.05) is 12.1 Å². The van der Waals surface area contributed by atoms with E-state index < -0.39 is 17.1 Å². The number of carbonyl (C=O) groups excluding carboxylic acids is 3. The summed E-state index contributed by atoms with van der Waals surface area (Å²) in [5.74, 6) is -0.807. The van der Waals surface area contributed by atoms with Crippen molar-refractivity contribution in [1.29, 1.82) is 0 Å². The minimum Gasteiger partial charge on any atom is -0.350 e. The summed E-state index contributed by atoms with van der Waals surface area (Å²) in [6.45, 7) is 0.121. The molecule has 0 radical (unpaired) electrons. The Morgan fingerprint density at radius 2 is 2.03 bits per heavy atom. The van der Waals surface area contributed by atoms with Crippen LogP contribution in [-0.2, 0) is 4.79 Å². The maximum absolute atomic E-state index is 12.7. The molecule has 0 aliphatic carbocycles. The average molecular weight is 478 g/mol. The Labute approximate surface area is 194 Å². The molecule has 0 spiro atoms. The van der Waals surface area contributed by atoms with Gasteiger partial charge >= 0.3 is 0 Å². The summed E-state index contributed by atoms with van der Waals surface area (Å²) < 4.78 is 1.43. The molecular formula is C22H15N5O4S2. The molecule has 164 valence electrons. The van der Waals surface area contributed by atoms with Gasteiger partial charge in [-0.25, -0.2) is 4.98 Å². The van der Waals surface area contributed by atoms with E-state index in [9.17, 15) is 19.2 Å². The fourth-order valence-corrected chi connectivity index (χ4v) is 5.14. The second-order valence-electron chi connectivity index (χ2n) is 7.05. The zero-order chi connectivity index (χ0) is 22.9. The minimum atomic E-state index is -0.408. The van der Waals surface area contributed by atoms with Crippen LogP contribution in [0.4, 0.5) is 4.79 Å². The molecule has 0 unspecified atom stereocenters. The largest absolute Gasteiger partial charge is 0.350 e. The van der Waals surface area contributed by atoms with Gasteiger partial charge in [0, 0.05) is 31.7 Å². The number of hydrogen-bond acceptors (Lipinski definition) is 8. The topological polar surface area (TPSA) is 114 Å².